The summed E-state index contributed by atoms with van der Waals surface area (Å²) in [7, 11) is 1.74. The Hall–Kier alpha value is -1.45. The number of hydrogen-bond donors (Lipinski definition) is 1. The normalized spacial score (nSPS) is 10.6. The van der Waals surface area contributed by atoms with Gasteiger partial charge in [-0.05, 0) is 22.6 Å². The molecule has 0 saturated heterocycles. The van der Waals surface area contributed by atoms with Gasteiger partial charge < -0.3 is 10.3 Å². The van der Waals surface area contributed by atoms with E-state index in [0.717, 1.165) is 9.39 Å². The summed E-state index contributed by atoms with van der Waals surface area (Å²) in [6, 6.07) is 1.51. The Morgan fingerprint density at radius 1 is 1.62 bits per heavy atom. The number of aromatic nitrogens is 4. The molecule has 0 bridgehead atoms. The Labute approximate surface area is 104 Å². The first-order chi connectivity index (χ1) is 7.56. The lowest BCUT2D eigenvalue weighted by Gasteiger charge is -1.89. The van der Waals surface area contributed by atoms with Crippen molar-refractivity contribution in [1.82, 2.24) is 20.2 Å². The van der Waals surface area contributed by atoms with E-state index in [0.29, 0.717) is 12.2 Å². The molecule has 16 heavy (non-hydrogen) atoms. The molecule has 0 aliphatic rings. The minimum Gasteiger partial charge on any atom is -0.364 e. The van der Waals surface area contributed by atoms with Crippen LogP contribution in [0.1, 0.15) is 21.9 Å². The molecule has 2 rings (SSSR count). The highest BCUT2D eigenvalue weighted by molar-refractivity contribution is 14.1. The Morgan fingerprint density at radius 3 is 2.88 bits per heavy atom. The fraction of sp³-hybridized carbons (Fsp3) is 0.250. The van der Waals surface area contributed by atoms with E-state index in [1.165, 1.54) is 10.9 Å². The minimum atomic E-state index is -0.608. The van der Waals surface area contributed by atoms with Crippen LogP contribution in [0.5, 0.6) is 0 Å². The van der Waals surface area contributed by atoms with Crippen molar-refractivity contribution in [1.29, 1.82) is 0 Å². The van der Waals surface area contributed by atoms with Crippen molar-refractivity contribution in [3.63, 3.8) is 0 Å². The van der Waals surface area contributed by atoms with Crippen LogP contribution in [0.4, 0.5) is 0 Å². The summed E-state index contributed by atoms with van der Waals surface area (Å²) in [6.45, 7) is 0. The van der Waals surface area contributed by atoms with Gasteiger partial charge in [-0.2, -0.15) is 9.90 Å². The van der Waals surface area contributed by atoms with Crippen molar-refractivity contribution in [2.45, 2.75) is 6.42 Å². The largest absolute Gasteiger partial charge is 0.364 e. The van der Waals surface area contributed by atoms with Gasteiger partial charge in [-0.15, -0.1) is 5.10 Å². The second kappa shape index (κ2) is 4.20. The lowest BCUT2D eigenvalue weighted by molar-refractivity contribution is 0.0991. The van der Waals surface area contributed by atoms with Crippen LogP contribution in [0.3, 0.4) is 0 Å². The SMILES string of the molecule is Cn1nc(I)c(Cc2cc(C(N)=O)no2)n1. The third-order valence-corrected chi connectivity index (χ3v) is 2.73. The first-order valence-electron chi connectivity index (χ1n) is 4.37. The van der Waals surface area contributed by atoms with Crippen molar-refractivity contribution >= 4 is 28.5 Å². The first-order valence-corrected chi connectivity index (χ1v) is 5.45. The van der Waals surface area contributed by atoms with Crippen LogP contribution in [0.25, 0.3) is 0 Å². The van der Waals surface area contributed by atoms with E-state index >= 15 is 0 Å². The van der Waals surface area contributed by atoms with Gasteiger partial charge in [-0.3, -0.25) is 4.79 Å². The number of halogens is 1. The van der Waals surface area contributed by atoms with Gasteiger partial charge in [0.05, 0.1) is 6.42 Å². The number of hydrogen-bond acceptors (Lipinski definition) is 5. The van der Waals surface area contributed by atoms with Crippen molar-refractivity contribution in [2.24, 2.45) is 12.8 Å². The number of rotatable bonds is 3. The quantitative estimate of drug-likeness (QED) is 0.803. The van der Waals surface area contributed by atoms with E-state index in [1.807, 2.05) is 0 Å². The standard InChI is InChI=1S/C8H8IN5O2/c1-14-11-5(7(9)12-14)2-4-3-6(8(10)15)13-16-4/h3H,2H2,1H3,(H2,10,15). The van der Waals surface area contributed by atoms with Crippen LogP contribution in [-0.4, -0.2) is 26.1 Å². The Morgan fingerprint density at radius 2 is 2.38 bits per heavy atom. The molecule has 0 unspecified atom stereocenters. The van der Waals surface area contributed by atoms with E-state index in [9.17, 15) is 4.79 Å². The van der Waals surface area contributed by atoms with E-state index in [1.54, 1.807) is 7.05 Å². The topological polar surface area (TPSA) is 99.8 Å². The fourth-order valence-electron chi connectivity index (χ4n) is 1.21. The highest BCUT2D eigenvalue weighted by Gasteiger charge is 2.13. The number of carbonyl (C=O) groups excluding carboxylic acids is 1. The minimum absolute atomic E-state index is 0.119. The third kappa shape index (κ3) is 2.21. The highest BCUT2D eigenvalue weighted by Crippen LogP contribution is 2.13. The molecule has 0 saturated carbocycles. The molecule has 2 N–H and O–H groups in total. The predicted octanol–water partition coefficient (Wildman–Crippen LogP) is 0.0974. The van der Waals surface area contributed by atoms with E-state index in [-0.39, 0.29) is 5.69 Å². The monoisotopic (exact) mass is 333 g/mol. The summed E-state index contributed by atoms with van der Waals surface area (Å²) in [4.78, 5) is 12.3. The third-order valence-electron chi connectivity index (χ3n) is 1.89. The summed E-state index contributed by atoms with van der Waals surface area (Å²) in [5.74, 6) is -0.0731. The van der Waals surface area contributed by atoms with Gasteiger partial charge in [0.1, 0.15) is 15.2 Å². The van der Waals surface area contributed by atoms with Gasteiger partial charge >= 0.3 is 0 Å². The second-order valence-electron chi connectivity index (χ2n) is 3.15. The molecule has 84 valence electrons. The maximum Gasteiger partial charge on any atom is 0.270 e. The van der Waals surface area contributed by atoms with Gasteiger partial charge in [-0.1, -0.05) is 5.16 Å². The predicted molar refractivity (Wildman–Crippen MR) is 61.5 cm³/mol. The second-order valence-corrected chi connectivity index (χ2v) is 4.17. The molecule has 0 aromatic carbocycles. The van der Waals surface area contributed by atoms with Gasteiger partial charge in [0, 0.05) is 13.1 Å². The van der Waals surface area contributed by atoms with E-state index in [4.69, 9.17) is 10.3 Å². The number of nitrogens with two attached hydrogens (primary N) is 1. The van der Waals surface area contributed by atoms with Gasteiger partial charge in [0.15, 0.2) is 5.69 Å². The lowest BCUT2D eigenvalue weighted by atomic mass is 10.2. The van der Waals surface area contributed by atoms with Crippen molar-refractivity contribution in [3.8, 4) is 0 Å². The number of primary amides is 1. The van der Waals surface area contributed by atoms with E-state index in [2.05, 4.69) is 37.9 Å². The fourth-order valence-corrected chi connectivity index (χ4v) is 1.82. The van der Waals surface area contributed by atoms with Crippen LogP contribution in [-0.2, 0) is 13.5 Å². The Balaban J connectivity index is 2.20. The zero-order chi connectivity index (χ0) is 11.7. The van der Waals surface area contributed by atoms with Crippen LogP contribution in [0, 0.1) is 3.70 Å². The molecular weight excluding hydrogens is 325 g/mol. The zero-order valence-corrected chi connectivity index (χ0v) is 10.5. The van der Waals surface area contributed by atoms with Crippen LogP contribution in [0.2, 0.25) is 0 Å². The maximum absolute atomic E-state index is 10.8. The Bertz CT molecular complexity index is 532. The molecule has 7 nitrogen and oxygen atoms in total. The maximum atomic E-state index is 10.8. The van der Waals surface area contributed by atoms with Gasteiger partial charge in [-0.25, -0.2) is 0 Å². The average molecular weight is 333 g/mol. The Kier molecular flexibility index (Phi) is 2.90. The molecule has 0 atom stereocenters. The molecule has 2 aromatic rings. The molecule has 1 amide bonds. The molecule has 0 spiro atoms. The highest BCUT2D eigenvalue weighted by atomic mass is 127. The summed E-state index contributed by atoms with van der Waals surface area (Å²) >= 11 is 2.08. The lowest BCUT2D eigenvalue weighted by Crippen LogP contribution is -2.10. The molecule has 2 aromatic heterocycles. The van der Waals surface area contributed by atoms with Gasteiger partial charge in [0.25, 0.3) is 5.91 Å². The summed E-state index contributed by atoms with van der Waals surface area (Å²) in [5.41, 5.74) is 5.95. The van der Waals surface area contributed by atoms with Gasteiger partial charge in [0.2, 0.25) is 0 Å². The molecule has 0 aliphatic carbocycles. The van der Waals surface area contributed by atoms with Crippen LogP contribution < -0.4 is 5.73 Å². The number of amides is 1. The summed E-state index contributed by atoms with van der Waals surface area (Å²) in [6.07, 6.45) is 0.437. The van der Waals surface area contributed by atoms with Crippen LogP contribution >= 0.6 is 22.6 Å². The first kappa shape index (κ1) is 11.0. The van der Waals surface area contributed by atoms with Crippen LogP contribution in [0.15, 0.2) is 10.6 Å². The average Bonchev–Trinajstić information content (AvgIpc) is 2.75. The molecule has 2 heterocycles. The molecule has 0 aliphatic heterocycles. The van der Waals surface area contributed by atoms with E-state index < -0.39 is 5.91 Å². The molecule has 8 heteroatoms. The zero-order valence-electron chi connectivity index (χ0n) is 8.35. The molecule has 0 radical (unpaired) electrons. The van der Waals surface area contributed by atoms with Crippen molar-refractivity contribution < 1.29 is 9.32 Å². The van der Waals surface area contributed by atoms with Crippen molar-refractivity contribution in [3.05, 3.63) is 26.9 Å². The smallest absolute Gasteiger partial charge is 0.270 e. The molecule has 0 fully saturated rings. The summed E-state index contributed by atoms with van der Waals surface area (Å²) < 4.78 is 5.75. The van der Waals surface area contributed by atoms with Crippen molar-refractivity contribution in [2.75, 3.05) is 0 Å². The number of aryl methyl sites for hydroxylation is 1. The number of carbonyl (C=O) groups is 1. The molecular formula is C8H8IN5O2. The number of nitrogens with zero attached hydrogens (tertiary/aromatic N) is 4. The summed E-state index contributed by atoms with van der Waals surface area (Å²) in [5, 5.41) is 11.8.